The minimum atomic E-state index is -0.140. The van der Waals surface area contributed by atoms with Crippen LogP contribution < -0.4 is 5.32 Å². The Morgan fingerprint density at radius 3 is 2.35 bits per heavy atom. The van der Waals surface area contributed by atoms with E-state index in [0.29, 0.717) is 10.7 Å². The van der Waals surface area contributed by atoms with Crippen LogP contribution in [0, 0.1) is 0 Å². The van der Waals surface area contributed by atoms with Crippen molar-refractivity contribution in [1.29, 1.82) is 0 Å². The molecule has 0 radical (unpaired) electrons. The summed E-state index contributed by atoms with van der Waals surface area (Å²) in [6.07, 6.45) is 3.94. The molecule has 23 heavy (non-hydrogen) atoms. The molecule has 5 heteroatoms. The third kappa shape index (κ3) is 3.51. The summed E-state index contributed by atoms with van der Waals surface area (Å²) in [6, 6.07) is 11.4. The number of amides is 1. The van der Waals surface area contributed by atoms with Gasteiger partial charge in [0.25, 0.3) is 5.91 Å². The number of nitrogens with zero attached hydrogens (tertiary/aromatic N) is 2. The zero-order chi connectivity index (χ0) is 16.4. The first kappa shape index (κ1) is 15.5. The summed E-state index contributed by atoms with van der Waals surface area (Å²) in [5.74, 6) is -0.140. The number of hydrogen-bond acceptors (Lipinski definition) is 3. The van der Waals surface area contributed by atoms with E-state index in [1.165, 1.54) is 11.3 Å². The third-order valence-electron chi connectivity index (χ3n) is 3.53. The Balaban J connectivity index is 1.72. The first-order valence-corrected chi connectivity index (χ1v) is 8.32. The first-order valence-electron chi connectivity index (χ1n) is 7.44. The van der Waals surface area contributed by atoms with Gasteiger partial charge in [0.2, 0.25) is 0 Å². The summed E-state index contributed by atoms with van der Waals surface area (Å²) < 4.78 is 2.00. The maximum atomic E-state index is 12.3. The lowest BCUT2D eigenvalue weighted by Crippen LogP contribution is -2.14. The average Bonchev–Trinajstić information content (AvgIpc) is 3.18. The smallest absolute Gasteiger partial charge is 0.257 e. The van der Waals surface area contributed by atoms with Crippen LogP contribution in [0.3, 0.4) is 0 Å². The van der Waals surface area contributed by atoms with Crippen molar-refractivity contribution in [2.45, 2.75) is 26.2 Å². The van der Waals surface area contributed by atoms with Crippen LogP contribution in [0.2, 0.25) is 0 Å². The van der Waals surface area contributed by atoms with Crippen LogP contribution in [0.1, 0.15) is 36.8 Å². The molecule has 2 heterocycles. The molecule has 0 saturated carbocycles. The van der Waals surface area contributed by atoms with Gasteiger partial charge in [-0.3, -0.25) is 10.1 Å². The van der Waals surface area contributed by atoms with Crippen LogP contribution >= 0.6 is 11.3 Å². The monoisotopic (exact) mass is 325 g/mol. The summed E-state index contributed by atoms with van der Waals surface area (Å²) in [7, 11) is 0. The molecule has 118 valence electrons. The molecule has 0 fully saturated rings. The van der Waals surface area contributed by atoms with Gasteiger partial charge in [-0.05, 0) is 36.4 Å². The largest absolute Gasteiger partial charge is 0.324 e. The molecule has 4 nitrogen and oxygen atoms in total. The van der Waals surface area contributed by atoms with Crippen LogP contribution in [-0.2, 0) is 5.41 Å². The van der Waals surface area contributed by atoms with Crippen LogP contribution in [0.25, 0.3) is 5.69 Å². The predicted molar refractivity (Wildman–Crippen MR) is 94.5 cm³/mol. The standard InChI is InChI=1S/C18H19N3OS/c1-18(2,3)15-12-23-17(19-15)20-16(22)13-6-8-14(9-7-13)21-10-4-5-11-21/h4-12H,1-3H3,(H,19,20,22). The molecule has 1 amide bonds. The maximum absolute atomic E-state index is 12.3. The lowest BCUT2D eigenvalue weighted by molar-refractivity contribution is 0.102. The SMILES string of the molecule is CC(C)(C)c1csc(NC(=O)c2ccc(-n3cccc3)cc2)n1. The fourth-order valence-electron chi connectivity index (χ4n) is 2.14. The Labute approximate surface area is 139 Å². The second-order valence-electron chi connectivity index (χ2n) is 6.38. The summed E-state index contributed by atoms with van der Waals surface area (Å²) in [6.45, 7) is 6.31. The van der Waals surface area contributed by atoms with Crippen molar-refractivity contribution < 1.29 is 4.79 Å². The molecule has 0 aliphatic heterocycles. The third-order valence-corrected chi connectivity index (χ3v) is 4.28. The van der Waals surface area contributed by atoms with Crippen LogP contribution in [0.5, 0.6) is 0 Å². The van der Waals surface area contributed by atoms with Crippen molar-refractivity contribution in [2.75, 3.05) is 5.32 Å². The van der Waals surface area contributed by atoms with Gasteiger partial charge in [0.05, 0.1) is 5.69 Å². The van der Waals surface area contributed by atoms with E-state index in [-0.39, 0.29) is 11.3 Å². The molecule has 0 unspecified atom stereocenters. The number of nitrogens with one attached hydrogen (secondary N) is 1. The number of rotatable bonds is 3. The minimum absolute atomic E-state index is 0.0160. The Morgan fingerprint density at radius 2 is 1.78 bits per heavy atom. The number of carbonyl (C=O) groups excluding carboxylic acids is 1. The molecule has 3 aromatic rings. The van der Waals surface area contributed by atoms with Crippen molar-refractivity contribution in [3.8, 4) is 5.69 Å². The molecule has 0 aliphatic rings. The quantitative estimate of drug-likeness (QED) is 0.771. The fourth-order valence-corrected chi connectivity index (χ4v) is 3.07. The van der Waals surface area contributed by atoms with E-state index in [9.17, 15) is 4.79 Å². The van der Waals surface area contributed by atoms with E-state index < -0.39 is 0 Å². The van der Waals surface area contributed by atoms with Gasteiger partial charge in [0, 0.05) is 34.4 Å². The molecule has 0 spiro atoms. The zero-order valence-corrected chi connectivity index (χ0v) is 14.2. The second-order valence-corrected chi connectivity index (χ2v) is 7.24. The van der Waals surface area contributed by atoms with Gasteiger partial charge >= 0.3 is 0 Å². The molecule has 1 aromatic carbocycles. The van der Waals surface area contributed by atoms with Crippen molar-refractivity contribution in [3.05, 3.63) is 65.4 Å². The van der Waals surface area contributed by atoms with E-state index in [4.69, 9.17) is 0 Å². The Kier molecular flexibility index (Phi) is 4.05. The van der Waals surface area contributed by atoms with Gasteiger partial charge < -0.3 is 4.57 Å². The molecule has 0 aliphatic carbocycles. The van der Waals surface area contributed by atoms with Crippen molar-refractivity contribution >= 4 is 22.4 Å². The number of aromatic nitrogens is 2. The highest BCUT2D eigenvalue weighted by Gasteiger charge is 2.18. The van der Waals surface area contributed by atoms with Crippen LogP contribution in [-0.4, -0.2) is 15.5 Å². The normalized spacial score (nSPS) is 11.4. The van der Waals surface area contributed by atoms with Gasteiger partial charge in [0.1, 0.15) is 0 Å². The molecule has 0 saturated heterocycles. The highest BCUT2D eigenvalue weighted by atomic mass is 32.1. The summed E-state index contributed by atoms with van der Waals surface area (Å²) in [4.78, 5) is 16.8. The van der Waals surface area contributed by atoms with Crippen molar-refractivity contribution in [3.63, 3.8) is 0 Å². The van der Waals surface area contributed by atoms with Crippen molar-refractivity contribution in [1.82, 2.24) is 9.55 Å². The molecule has 3 rings (SSSR count). The predicted octanol–water partition coefficient (Wildman–Crippen LogP) is 4.48. The Morgan fingerprint density at radius 1 is 1.13 bits per heavy atom. The van der Waals surface area contributed by atoms with Crippen LogP contribution in [0.15, 0.2) is 54.2 Å². The summed E-state index contributed by atoms with van der Waals surface area (Å²) >= 11 is 1.45. The fraction of sp³-hybridized carbons (Fsp3) is 0.222. The molecule has 0 bridgehead atoms. The van der Waals surface area contributed by atoms with Crippen LogP contribution in [0.4, 0.5) is 5.13 Å². The lowest BCUT2D eigenvalue weighted by atomic mass is 9.93. The minimum Gasteiger partial charge on any atom is -0.324 e. The lowest BCUT2D eigenvalue weighted by Gasteiger charge is -2.14. The number of anilines is 1. The molecular formula is C18H19N3OS. The number of benzene rings is 1. The topological polar surface area (TPSA) is 46.9 Å². The average molecular weight is 325 g/mol. The number of thiazole rings is 1. The number of carbonyl (C=O) groups is 1. The van der Waals surface area contributed by atoms with E-state index in [1.54, 1.807) is 0 Å². The maximum Gasteiger partial charge on any atom is 0.257 e. The van der Waals surface area contributed by atoms with Gasteiger partial charge in [-0.2, -0.15) is 0 Å². The molecule has 1 N–H and O–H groups in total. The van der Waals surface area contributed by atoms with E-state index in [1.807, 2.05) is 58.7 Å². The second kappa shape index (κ2) is 6.01. The van der Waals surface area contributed by atoms with E-state index >= 15 is 0 Å². The van der Waals surface area contributed by atoms with Gasteiger partial charge in [-0.1, -0.05) is 20.8 Å². The zero-order valence-electron chi connectivity index (χ0n) is 13.4. The van der Waals surface area contributed by atoms with Gasteiger partial charge in [-0.15, -0.1) is 11.3 Å². The van der Waals surface area contributed by atoms with E-state index in [2.05, 4.69) is 31.1 Å². The molecular weight excluding hydrogens is 306 g/mol. The van der Waals surface area contributed by atoms with E-state index in [0.717, 1.165) is 11.4 Å². The first-order chi connectivity index (χ1) is 10.9. The molecule has 0 atom stereocenters. The van der Waals surface area contributed by atoms with Gasteiger partial charge in [0.15, 0.2) is 5.13 Å². The Bertz CT molecular complexity index is 796. The summed E-state index contributed by atoms with van der Waals surface area (Å²) in [5.41, 5.74) is 2.61. The van der Waals surface area contributed by atoms with Crippen molar-refractivity contribution in [2.24, 2.45) is 0 Å². The number of hydrogen-bond donors (Lipinski definition) is 1. The highest BCUT2D eigenvalue weighted by Crippen LogP contribution is 2.26. The highest BCUT2D eigenvalue weighted by molar-refractivity contribution is 7.14. The van der Waals surface area contributed by atoms with Gasteiger partial charge in [-0.25, -0.2) is 4.98 Å². The summed E-state index contributed by atoms with van der Waals surface area (Å²) in [5, 5.41) is 5.49. The Hall–Kier alpha value is -2.40. The molecule has 2 aromatic heterocycles.